The Hall–Kier alpha value is -2.31. The third-order valence-corrected chi connectivity index (χ3v) is 3.79. The van der Waals surface area contributed by atoms with Crippen molar-refractivity contribution in [3.05, 3.63) is 62.7 Å². The lowest BCUT2D eigenvalue weighted by Crippen LogP contribution is -2.12. The molecule has 0 aromatic heterocycles. The van der Waals surface area contributed by atoms with Gasteiger partial charge >= 0.3 is 0 Å². The van der Waals surface area contributed by atoms with Crippen LogP contribution in [0.25, 0.3) is 0 Å². The summed E-state index contributed by atoms with van der Waals surface area (Å²) in [6, 6.07) is 9.77. The quantitative estimate of drug-likeness (QED) is 0.576. The molecule has 0 aliphatic carbocycles. The van der Waals surface area contributed by atoms with Crippen LogP contribution in [0.4, 0.5) is 5.69 Å². The zero-order valence-corrected chi connectivity index (χ0v) is 14.3. The highest BCUT2D eigenvalue weighted by molar-refractivity contribution is 6.31. The summed E-state index contributed by atoms with van der Waals surface area (Å²) in [5.74, 6) is 1.12. The fourth-order valence-electron chi connectivity index (χ4n) is 2.12. The molecule has 0 fully saturated rings. The molecular formula is C17H19ClN2O4. The molecular weight excluding hydrogens is 332 g/mol. The highest BCUT2D eigenvalue weighted by Gasteiger charge is 2.11. The molecule has 0 unspecified atom stereocenters. The lowest BCUT2D eigenvalue weighted by molar-refractivity contribution is -0.384. The van der Waals surface area contributed by atoms with E-state index in [9.17, 15) is 10.1 Å². The predicted octanol–water partition coefficient (Wildman–Crippen LogP) is 3.95. The molecule has 0 amide bonds. The van der Waals surface area contributed by atoms with Crippen LogP contribution in [0.3, 0.4) is 0 Å². The smallest absolute Gasteiger partial charge is 0.269 e. The molecule has 0 atom stereocenters. The first kappa shape index (κ1) is 18.0. The number of nitrogens with one attached hydrogen (secondary N) is 1. The summed E-state index contributed by atoms with van der Waals surface area (Å²) in [5, 5.41) is 14.5. The number of rotatable bonds is 8. The van der Waals surface area contributed by atoms with Crippen molar-refractivity contribution in [3.63, 3.8) is 0 Å². The maximum atomic E-state index is 10.7. The van der Waals surface area contributed by atoms with Crippen LogP contribution in [-0.4, -0.2) is 18.6 Å². The van der Waals surface area contributed by atoms with Gasteiger partial charge in [0.25, 0.3) is 5.69 Å². The number of non-ortho nitro benzene ring substituents is 1. The molecule has 7 heteroatoms. The Morgan fingerprint density at radius 2 is 1.92 bits per heavy atom. The number of ether oxygens (including phenoxy) is 2. The number of nitrogens with zero attached hydrogens (tertiary/aromatic N) is 1. The van der Waals surface area contributed by atoms with Gasteiger partial charge in [-0.3, -0.25) is 10.1 Å². The van der Waals surface area contributed by atoms with Gasteiger partial charge in [-0.15, -0.1) is 0 Å². The highest BCUT2D eigenvalue weighted by Crippen LogP contribution is 2.34. The van der Waals surface area contributed by atoms with E-state index in [4.69, 9.17) is 21.1 Å². The van der Waals surface area contributed by atoms with E-state index in [0.29, 0.717) is 23.1 Å². The standard InChI is InChI=1S/C17H19ClN2O4/c1-3-19-10-13-8-16(23-2)17(9-15(13)18)24-11-12-4-6-14(7-5-12)20(21)22/h4-9,19H,3,10-11H2,1-2H3. The number of hydrogen-bond donors (Lipinski definition) is 1. The first-order chi connectivity index (χ1) is 11.5. The van der Waals surface area contributed by atoms with Crippen molar-refractivity contribution < 1.29 is 14.4 Å². The average Bonchev–Trinajstić information content (AvgIpc) is 2.59. The first-order valence-corrected chi connectivity index (χ1v) is 7.86. The van der Waals surface area contributed by atoms with Crippen LogP contribution < -0.4 is 14.8 Å². The molecule has 0 aliphatic rings. The van der Waals surface area contributed by atoms with E-state index in [1.54, 1.807) is 25.3 Å². The predicted molar refractivity (Wildman–Crippen MR) is 92.8 cm³/mol. The fraction of sp³-hybridized carbons (Fsp3) is 0.294. The van der Waals surface area contributed by atoms with Crippen LogP contribution >= 0.6 is 11.6 Å². The number of benzene rings is 2. The van der Waals surface area contributed by atoms with Crippen LogP contribution in [0, 0.1) is 10.1 Å². The normalized spacial score (nSPS) is 10.5. The summed E-state index contributed by atoms with van der Waals surface area (Å²) in [5.41, 5.74) is 1.79. The van der Waals surface area contributed by atoms with Crippen molar-refractivity contribution >= 4 is 17.3 Å². The molecule has 6 nitrogen and oxygen atoms in total. The topological polar surface area (TPSA) is 73.6 Å². The van der Waals surface area contributed by atoms with E-state index in [0.717, 1.165) is 17.7 Å². The summed E-state index contributed by atoms with van der Waals surface area (Å²) >= 11 is 6.28. The Kier molecular flexibility index (Phi) is 6.40. The van der Waals surface area contributed by atoms with Crippen LogP contribution in [0.2, 0.25) is 5.02 Å². The van der Waals surface area contributed by atoms with E-state index >= 15 is 0 Å². The Morgan fingerprint density at radius 3 is 2.50 bits per heavy atom. The Labute approximate surface area is 145 Å². The Morgan fingerprint density at radius 1 is 1.21 bits per heavy atom. The minimum absolute atomic E-state index is 0.0483. The van der Waals surface area contributed by atoms with Gasteiger partial charge in [0.05, 0.1) is 12.0 Å². The van der Waals surface area contributed by atoms with E-state index in [-0.39, 0.29) is 12.3 Å². The molecule has 0 heterocycles. The van der Waals surface area contributed by atoms with Crippen LogP contribution in [0.5, 0.6) is 11.5 Å². The fourth-order valence-corrected chi connectivity index (χ4v) is 2.34. The van der Waals surface area contributed by atoms with Crippen LogP contribution in [0.1, 0.15) is 18.1 Å². The molecule has 0 spiro atoms. The molecule has 2 rings (SSSR count). The van der Waals surface area contributed by atoms with Gasteiger partial charge in [0.2, 0.25) is 0 Å². The SMILES string of the molecule is CCNCc1cc(OC)c(OCc2ccc([N+](=O)[O-])cc2)cc1Cl. The largest absolute Gasteiger partial charge is 0.493 e. The van der Waals surface area contributed by atoms with Gasteiger partial charge in [-0.25, -0.2) is 0 Å². The molecule has 0 saturated carbocycles. The molecule has 24 heavy (non-hydrogen) atoms. The molecule has 0 radical (unpaired) electrons. The molecule has 2 aromatic carbocycles. The second-order valence-corrected chi connectivity index (χ2v) is 5.49. The summed E-state index contributed by atoms with van der Waals surface area (Å²) in [6.07, 6.45) is 0. The second kappa shape index (κ2) is 8.52. The third-order valence-electron chi connectivity index (χ3n) is 3.44. The van der Waals surface area contributed by atoms with Gasteiger partial charge in [0, 0.05) is 29.8 Å². The lowest BCUT2D eigenvalue weighted by atomic mass is 10.2. The number of hydrogen-bond acceptors (Lipinski definition) is 5. The van der Waals surface area contributed by atoms with Crippen LogP contribution in [0.15, 0.2) is 36.4 Å². The maximum Gasteiger partial charge on any atom is 0.269 e. The molecule has 2 aromatic rings. The lowest BCUT2D eigenvalue weighted by Gasteiger charge is -2.14. The molecule has 0 aliphatic heterocycles. The van der Waals surface area contributed by atoms with Crippen molar-refractivity contribution in [2.24, 2.45) is 0 Å². The van der Waals surface area contributed by atoms with Gasteiger partial charge in [0.1, 0.15) is 6.61 Å². The minimum atomic E-state index is -0.434. The molecule has 0 saturated heterocycles. The van der Waals surface area contributed by atoms with Gasteiger partial charge < -0.3 is 14.8 Å². The first-order valence-electron chi connectivity index (χ1n) is 7.48. The third kappa shape index (κ3) is 4.59. The summed E-state index contributed by atoms with van der Waals surface area (Å²) in [7, 11) is 1.57. The van der Waals surface area contributed by atoms with Gasteiger partial charge in [0.15, 0.2) is 11.5 Å². The van der Waals surface area contributed by atoms with Crippen molar-refractivity contribution in [1.82, 2.24) is 5.32 Å². The van der Waals surface area contributed by atoms with Gasteiger partial charge in [-0.05, 0) is 35.9 Å². The van der Waals surface area contributed by atoms with Crippen molar-refractivity contribution in [2.45, 2.75) is 20.1 Å². The molecule has 128 valence electrons. The van der Waals surface area contributed by atoms with Crippen molar-refractivity contribution in [1.29, 1.82) is 0 Å². The van der Waals surface area contributed by atoms with Crippen molar-refractivity contribution in [2.75, 3.05) is 13.7 Å². The van der Waals surface area contributed by atoms with Gasteiger partial charge in [-0.1, -0.05) is 18.5 Å². The summed E-state index contributed by atoms with van der Waals surface area (Å²) in [4.78, 5) is 10.2. The number of nitro groups is 1. The molecule has 0 bridgehead atoms. The summed E-state index contributed by atoms with van der Waals surface area (Å²) in [6.45, 7) is 3.77. The average molecular weight is 351 g/mol. The Balaban J connectivity index is 2.11. The Bertz CT molecular complexity index is 704. The van der Waals surface area contributed by atoms with E-state index in [1.165, 1.54) is 12.1 Å². The summed E-state index contributed by atoms with van der Waals surface area (Å²) < 4.78 is 11.1. The minimum Gasteiger partial charge on any atom is -0.493 e. The second-order valence-electron chi connectivity index (χ2n) is 5.09. The number of methoxy groups -OCH3 is 1. The van der Waals surface area contributed by atoms with Crippen molar-refractivity contribution in [3.8, 4) is 11.5 Å². The van der Waals surface area contributed by atoms with E-state index in [2.05, 4.69) is 5.32 Å². The highest BCUT2D eigenvalue weighted by atomic mass is 35.5. The zero-order chi connectivity index (χ0) is 17.5. The number of halogens is 1. The monoisotopic (exact) mass is 350 g/mol. The van der Waals surface area contributed by atoms with Crippen LogP contribution in [-0.2, 0) is 13.2 Å². The maximum absolute atomic E-state index is 10.7. The zero-order valence-electron chi connectivity index (χ0n) is 13.5. The molecule has 1 N–H and O–H groups in total. The van der Waals surface area contributed by atoms with Gasteiger partial charge in [-0.2, -0.15) is 0 Å². The van der Waals surface area contributed by atoms with E-state index < -0.39 is 4.92 Å². The number of nitro benzene ring substituents is 1. The van der Waals surface area contributed by atoms with E-state index in [1.807, 2.05) is 13.0 Å².